The number of aromatic nitrogens is 1. The first-order chi connectivity index (χ1) is 14.7. The van der Waals surface area contributed by atoms with Crippen LogP contribution in [0.1, 0.15) is 11.1 Å². The van der Waals surface area contributed by atoms with Gasteiger partial charge in [-0.15, -0.1) is 0 Å². The number of amides is 2. The zero-order chi connectivity index (χ0) is 20.8. The van der Waals surface area contributed by atoms with Gasteiger partial charge in [0.2, 0.25) is 5.91 Å². The molecular weight excluding hydrogens is 382 g/mol. The van der Waals surface area contributed by atoms with Crippen LogP contribution in [0.25, 0.3) is 6.08 Å². The molecule has 7 nitrogen and oxygen atoms in total. The molecule has 3 aromatic rings. The molecule has 1 aliphatic heterocycles. The molecule has 0 spiro atoms. The molecule has 7 heteroatoms. The second-order valence-corrected chi connectivity index (χ2v) is 6.55. The fourth-order valence-electron chi connectivity index (χ4n) is 2.79. The number of ether oxygens (including phenoxy) is 2. The molecule has 0 fully saturated rings. The summed E-state index contributed by atoms with van der Waals surface area (Å²) in [7, 11) is 0. The number of nitrogens with one attached hydrogen (secondary N) is 2. The van der Waals surface area contributed by atoms with E-state index in [2.05, 4.69) is 15.6 Å². The van der Waals surface area contributed by atoms with E-state index in [0.29, 0.717) is 24.0 Å². The summed E-state index contributed by atoms with van der Waals surface area (Å²) in [6, 6.07) is 20.6. The maximum absolute atomic E-state index is 12.2. The highest BCUT2D eigenvalue weighted by atomic mass is 16.5. The summed E-state index contributed by atoms with van der Waals surface area (Å²) >= 11 is 0. The van der Waals surface area contributed by atoms with Crippen LogP contribution in [0.2, 0.25) is 0 Å². The Morgan fingerprint density at radius 1 is 1.10 bits per heavy atom. The lowest BCUT2D eigenvalue weighted by molar-refractivity contribution is -0.118. The summed E-state index contributed by atoms with van der Waals surface area (Å²) in [5.74, 6) is 1.21. The number of pyridine rings is 1. The van der Waals surface area contributed by atoms with Crippen molar-refractivity contribution >= 4 is 29.5 Å². The second kappa shape index (κ2) is 8.91. The number of hydrogen-bond donors (Lipinski definition) is 2. The monoisotopic (exact) mass is 401 g/mol. The van der Waals surface area contributed by atoms with Crippen molar-refractivity contribution in [3.8, 4) is 11.5 Å². The molecule has 2 aromatic carbocycles. The quantitative estimate of drug-likeness (QED) is 0.616. The van der Waals surface area contributed by atoms with Crippen LogP contribution in [0.15, 0.2) is 72.8 Å². The van der Waals surface area contributed by atoms with E-state index < -0.39 is 0 Å². The zero-order valence-corrected chi connectivity index (χ0v) is 16.0. The van der Waals surface area contributed by atoms with E-state index in [-0.39, 0.29) is 18.4 Å². The second-order valence-electron chi connectivity index (χ2n) is 6.55. The predicted molar refractivity (Wildman–Crippen MR) is 113 cm³/mol. The summed E-state index contributed by atoms with van der Waals surface area (Å²) in [5, 5.41) is 5.26. The van der Waals surface area contributed by atoms with Crippen LogP contribution in [0.5, 0.6) is 11.5 Å². The predicted octanol–water partition coefficient (Wildman–Crippen LogP) is 3.64. The van der Waals surface area contributed by atoms with Crippen molar-refractivity contribution in [2.45, 2.75) is 6.61 Å². The lowest BCUT2D eigenvalue weighted by atomic mass is 10.2. The highest BCUT2D eigenvalue weighted by molar-refractivity contribution is 6.02. The highest BCUT2D eigenvalue weighted by Gasteiger charge is 2.17. The molecular formula is C23H19N3O4. The average molecular weight is 401 g/mol. The zero-order valence-electron chi connectivity index (χ0n) is 16.0. The molecule has 2 amide bonds. The topological polar surface area (TPSA) is 89.5 Å². The summed E-state index contributed by atoms with van der Waals surface area (Å²) in [6.45, 7) is 0.455. The molecule has 1 aliphatic rings. The molecule has 0 bridgehead atoms. The average Bonchev–Trinajstić information content (AvgIpc) is 2.77. The molecule has 2 N–H and O–H groups in total. The van der Waals surface area contributed by atoms with Gasteiger partial charge < -0.3 is 20.1 Å². The first kappa shape index (κ1) is 19.2. The van der Waals surface area contributed by atoms with Gasteiger partial charge in [0.05, 0.1) is 0 Å². The Hall–Kier alpha value is -4.13. The minimum absolute atomic E-state index is 0.0425. The van der Waals surface area contributed by atoms with Crippen LogP contribution in [-0.2, 0) is 16.2 Å². The fourth-order valence-corrected chi connectivity index (χ4v) is 2.79. The Balaban J connectivity index is 1.31. The van der Waals surface area contributed by atoms with Crippen molar-refractivity contribution in [3.05, 3.63) is 83.9 Å². The van der Waals surface area contributed by atoms with Crippen LogP contribution in [0, 0.1) is 0 Å². The van der Waals surface area contributed by atoms with Crippen molar-refractivity contribution in [2.75, 3.05) is 17.2 Å². The minimum Gasteiger partial charge on any atom is -0.489 e. The van der Waals surface area contributed by atoms with Gasteiger partial charge in [0.15, 0.2) is 18.2 Å². The molecule has 0 unspecified atom stereocenters. The van der Waals surface area contributed by atoms with E-state index in [1.165, 1.54) is 6.08 Å². The molecule has 0 saturated heterocycles. The normalized spacial score (nSPS) is 12.6. The standard InChI is InChI=1S/C23H19N3O4/c27-21(24-20-12-11-19-23(25-20)26-22(28)15-30-19)13-8-16-6-9-18(10-7-16)29-14-17-4-2-1-3-5-17/h1-13H,14-15H2,(H2,24,25,26,27,28)/b13-8+. The number of carbonyl (C=O) groups is 2. The number of hydrogen-bond acceptors (Lipinski definition) is 5. The van der Waals surface area contributed by atoms with Crippen LogP contribution in [-0.4, -0.2) is 23.4 Å². The third kappa shape index (κ3) is 5.02. The molecule has 2 heterocycles. The maximum Gasteiger partial charge on any atom is 0.263 e. The summed E-state index contributed by atoms with van der Waals surface area (Å²) in [5.41, 5.74) is 1.95. The Morgan fingerprint density at radius 2 is 1.90 bits per heavy atom. The van der Waals surface area contributed by atoms with E-state index in [1.807, 2.05) is 54.6 Å². The summed E-state index contributed by atoms with van der Waals surface area (Å²) < 4.78 is 11.0. The smallest absolute Gasteiger partial charge is 0.263 e. The van der Waals surface area contributed by atoms with E-state index in [1.54, 1.807) is 18.2 Å². The number of fused-ring (bicyclic) bond motifs is 1. The minimum atomic E-state index is -0.338. The van der Waals surface area contributed by atoms with Crippen LogP contribution < -0.4 is 20.1 Å². The molecule has 4 rings (SSSR count). The maximum atomic E-state index is 12.2. The lowest BCUT2D eigenvalue weighted by Crippen LogP contribution is -2.26. The van der Waals surface area contributed by atoms with Gasteiger partial charge in [-0.3, -0.25) is 9.59 Å². The number of anilines is 2. The number of carbonyl (C=O) groups excluding carboxylic acids is 2. The van der Waals surface area contributed by atoms with Crippen molar-refractivity contribution in [2.24, 2.45) is 0 Å². The molecule has 1 aromatic heterocycles. The molecule has 0 atom stereocenters. The van der Waals surface area contributed by atoms with Crippen LogP contribution in [0.4, 0.5) is 11.6 Å². The molecule has 0 radical (unpaired) electrons. The fraction of sp³-hybridized carbons (Fsp3) is 0.0870. The molecule has 0 aliphatic carbocycles. The van der Waals surface area contributed by atoms with Gasteiger partial charge in [-0.2, -0.15) is 0 Å². The van der Waals surface area contributed by atoms with E-state index >= 15 is 0 Å². The number of rotatable bonds is 6. The molecule has 150 valence electrons. The first-order valence-electron chi connectivity index (χ1n) is 9.35. The summed E-state index contributed by atoms with van der Waals surface area (Å²) in [6.07, 6.45) is 3.11. The van der Waals surface area contributed by atoms with Gasteiger partial charge in [0.1, 0.15) is 18.2 Å². The van der Waals surface area contributed by atoms with Gasteiger partial charge in [0, 0.05) is 6.08 Å². The van der Waals surface area contributed by atoms with Crippen molar-refractivity contribution in [1.82, 2.24) is 4.98 Å². The highest BCUT2D eigenvalue weighted by Crippen LogP contribution is 2.26. The van der Waals surface area contributed by atoms with Crippen molar-refractivity contribution in [3.63, 3.8) is 0 Å². The van der Waals surface area contributed by atoms with Gasteiger partial charge >= 0.3 is 0 Å². The van der Waals surface area contributed by atoms with E-state index in [0.717, 1.165) is 16.9 Å². The third-order valence-corrected chi connectivity index (χ3v) is 4.28. The third-order valence-electron chi connectivity index (χ3n) is 4.28. The van der Waals surface area contributed by atoms with E-state index in [4.69, 9.17) is 9.47 Å². The van der Waals surface area contributed by atoms with Crippen LogP contribution in [0.3, 0.4) is 0 Å². The summed E-state index contributed by atoms with van der Waals surface area (Å²) in [4.78, 5) is 27.7. The lowest BCUT2D eigenvalue weighted by Gasteiger charge is -2.17. The van der Waals surface area contributed by atoms with Crippen LogP contribution >= 0.6 is 0 Å². The van der Waals surface area contributed by atoms with Gasteiger partial charge in [-0.25, -0.2) is 4.98 Å². The van der Waals surface area contributed by atoms with Gasteiger partial charge in [-0.05, 0) is 41.5 Å². The number of nitrogens with zero attached hydrogens (tertiary/aromatic N) is 1. The van der Waals surface area contributed by atoms with Crippen molar-refractivity contribution in [1.29, 1.82) is 0 Å². The van der Waals surface area contributed by atoms with Crippen molar-refractivity contribution < 1.29 is 19.1 Å². The SMILES string of the molecule is O=C(/C=C/c1ccc(OCc2ccccc2)cc1)Nc1ccc2c(n1)NC(=O)CO2. The molecule has 0 saturated carbocycles. The molecule has 30 heavy (non-hydrogen) atoms. The Morgan fingerprint density at radius 3 is 2.70 bits per heavy atom. The first-order valence-corrected chi connectivity index (χ1v) is 9.35. The van der Waals surface area contributed by atoms with Gasteiger partial charge in [0.25, 0.3) is 5.91 Å². The Labute approximate surface area is 173 Å². The van der Waals surface area contributed by atoms with E-state index in [9.17, 15) is 9.59 Å². The Kier molecular flexibility index (Phi) is 5.70. The Bertz CT molecular complexity index is 1080. The largest absolute Gasteiger partial charge is 0.489 e. The number of benzene rings is 2. The van der Waals surface area contributed by atoms with Gasteiger partial charge in [-0.1, -0.05) is 42.5 Å².